The highest BCUT2D eigenvalue weighted by atomic mass is 79.9. The molecular formula is C14H15BrN2S. The lowest BCUT2D eigenvalue weighted by Gasteiger charge is -2.12. The molecule has 0 radical (unpaired) electrons. The van der Waals surface area contributed by atoms with Gasteiger partial charge in [0.15, 0.2) is 0 Å². The fourth-order valence-electron chi connectivity index (χ4n) is 1.84. The Hall–Kier alpha value is -1.00. The molecule has 1 N–H and O–H groups in total. The summed E-state index contributed by atoms with van der Waals surface area (Å²) in [5.41, 5.74) is 3.37. The molecule has 18 heavy (non-hydrogen) atoms. The Balaban J connectivity index is 2.67. The molecule has 0 unspecified atom stereocenters. The molecule has 0 fully saturated rings. The number of hydrogen-bond acceptors (Lipinski definition) is 2. The van der Waals surface area contributed by atoms with Gasteiger partial charge in [-0.15, -0.1) is 0 Å². The van der Waals surface area contributed by atoms with Gasteiger partial charge in [-0.05, 0) is 34.3 Å². The van der Waals surface area contributed by atoms with Crippen molar-refractivity contribution >= 4 is 28.1 Å². The van der Waals surface area contributed by atoms with Crippen LogP contribution < -0.4 is 0 Å². The van der Waals surface area contributed by atoms with Crippen LogP contribution in [-0.4, -0.2) is 9.97 Å². The summed E-state index contributed by atoms with van der Waals surface area (Å²) in [6.07, 6.45) is 0. The molecule has 0 saturated heterocycles. The smallest absolute Gasteiger partial charge is 0.144 e. The molecule has 1 aromatic carbocycles. The Morgan fingerprint density at radius 2 is 1.94 bits per heavy atom. The average Bonchev–Trinajstić information content (AvgIpc) is 2.33. The van der Waals surface area contributed by atoms with Crippen LogP contribution in [0.2, 0.25) is 0 Å². The van der Waals surface area contributed by atoms with Crippen LogP contribution in [0.1, 0.15) is 31.0 Å². The van der Waals surface area contributed by atoms with Crippen molar-refractivity contribution in [2.24, 2.45) is 0 Å². The second kappa shape index (κ2) is 5.33. The van der Waals surface area contributed by atoms with Crippen LogP contribution >= 0.6 is 28.1 Å². The summed E-state index contributed by atoms with van der Waals surface area (Å²) in [6, 6.07) is 8.17. The lowest BCUT2D eigenvalue weighted by atomic mass is 10.1. The summed E-state index contributed by atoms with van der Waals surface area (Å²) in [4.78, 5) is 7.84. The predicted octanol–water partition coefficient (Wildman–Crippen LogP) is 5.00. The van der Waals surface area contributed by atoms with E-state index >= 15 is 0 Å². The molecule has 2 nitrogen and oxygen atoms in total. The molecule has 0 bridgehead atoms. The zero-order chi connectivity index (χ0) is 13.3. The third-order valence-corrected chi connectivity index (χ3v) is 4.23. The molecule has 4 heteroatoms. The van der Waals surface area contributed by atoms with Crippen LogP contribution in [0, 0.1) is 11.6 Å². The monoisotopic (exact) mass is 322 g/mol. The van der Waals surface area contributed by atoms with Crippen molar-refractivity contribution in [1.29, 1.82) is 0 Å². The van der Waals surface area contributed by atoms with Crippen molar-refractivity contribution in [3.63, 3.8) is 0 Å². The maximum Gasteiger partial charge on any atom is 0.144 e. The van der Waals surface area contributed by atoms with Gasteiger partial charge < -0.3 is 4.98 Å². The maximum atomic E-state index is 5.31. The van der Waals surface area contributed by atoms with Gasteiger partial charge in [0.1, 0.15) is 10.5 Å². The number of benzene rings is 1. The second-order valence-corrected chi connectivity index (χ2v) is 5.77. The summed E-state index contributed by atoms with van der Waals surface area (Å²) in [5, 5.41) is 0. The van der Waals surface area contributed by atoms with Crippen molar-refractivity contribution in [1.82, 2.24) is 9.97 Å². The molecule has 0 atom stereocenters. The third-order valence-electron chi connectivity index (χ3n) is 2.87. The zero-order valence-corrected chi connectivity index (χ0v) is 13.0. The highest BCUT2D eigenvalue weighted by Gasteiger charge is 2.11. The van der Waals surface area contributed by atoms with Gasteiger partial charge in [-0.1, -0.05) is 50.3 Å². The largest absolute Gasteiger partial charge is 0.342 e. The van der Waals surface area contributed by atoms with Gasteiger partial charge in [-0.25, -0.2) is 4.98 Å². The number of aryl methyl sites for hydroxylation is 1. The topological polar surface area (TPSA) is 28.7 Å². The van der Waals surface area contributed by atoms with E-state index in [4.69, 9.17) is 12.2 Å². The summed E-state index contributed by atoms with van der Waals surface area (Å²) >= 11 is 8.82. The fourth-order valence-corrected chi connectivity index (χ4v) is 2.69. The molecule has 0 spiro atoms. The number of nitrogens with zero attached hydrogens (tertiary/aromatic N) is 1. The number of nitrogens with one attached hydrogen (secondary N) is 1. The van der Waals surface area contributed by atoms with Gasteiger partial charge in [-0.3, -0.25) is 0 Å². The number of hydrogen-bond donors (Lipinski definition) is 1. The molecule has 0 aliphatic heterocycles. The van der Waals surface area contributed by atoms with Crippen molar-refractivity contribution in [3.05, 3.63) is 44.6 Å². The van der Waals surface area contributed by atoms with Gasteiger partial charge in [-0.2, -0.15) is 0 Å². The number of H-pyrrole nitrogens is 1. The molecular weight excluding hydrogens is 308 g/mol. The van der Waals surface area contributed by atoms with Gasteiger partial charge >= 0.3 is 0 Å². The first-order chi connectivity index (χ1) is 8.50. The molecule has 0 amide bonds. The summed E-state index contributed by atoms with van der Waals surface area (Å²) in [5.74, 6) is 1.21. The first-order valence-electron chi connectivity index (χ1n) is 5.86. The first-order valence-corrected chi connectivity index (χ1v) is 7.06. The van der Waals surface area contributed by atoms with E-state index in [1.807, 2.05) is 12.1 Å². The molecule has 0 aliphatic carbocycles. The van der Waals surface area contributed by atoms with E-state index in [0.717, 1.165) is 21.6 Å². The van der Waals surface area contributed by atoms with Crippen molar-refractivity contribution in [3.8, 4) is 11.4 Å². The van der Waals surface area contributed by atoms with Crippen molar-refractivity contribution in [2.75, 3.05) is 0 Å². The quantitative estimate of drug-likeness (QED) is 0.788. The van der Waals surface area contributed by atoms with Gasteiger partial charge in [0.05, 0.1) is 4.47 Å². The lowest BCUT2D eigenvalue weighted by molar-refractivity contribution is 0.807. The van der Waals surface area contributed by atoms with Gasteiger partial charge in [0.2, 0.25) is 0 Å². The van der Waals surface area contributed by atoms with E-state index in [2.05, 4.69) is 58.8 Å². The van der Waals surface area contributed by atoms with Crippen LogP contribution in [0.5, 0.6) is 0 Å². The van der Waals surface area contributed by atoms with Crippen LogP contribution in [-0.2, 0) is 0 Å². The lowest BCUT2D eigenvalue weighted by Crippen LogP contribution is -2.01. The van der Waals surface area contributed by atoms with E-state index in [0.29, 0.717) is 10.6 Å². The molecule has 1 aromatic heterocycles. The van der Waals surface area contributed by atoms with E-state index in [1.165, 1.54) is 5.56 Å². The number of halogens is 1. The van der Waals surface area contributed by atoms with Gasteiger partial charge in [0.25, 0.3) is 0 Å². The summed E-state index contributed by atoms with van der Waals surface area (Å²) in [7, 11) is 0. The molecule has 1 heterocycles. The van der Waals surface area contributed by atoms with Gasteiger partial charge in [0, 0.05) is 11.3 Å². The second-order valence-electron chi connectivity index (χ2n) is 4.59. The average molecular weight is 323 g/mol. The van der Waals surface area contributed by atoms with E-state index < -0.39 is 0 Å². The Bertz CT molecular complexity index is 632. The standard InChI is InChI=1S/C14H15BrN2S/c1-8(2)12-11(15)14(18)17-13(16-12)10-7-5-4-6-9(10)3/h4-8H,1-3H3,(H,16,17,18). The van der Waals surface area contributed by atoms with Crippen LogP contribution in [0.15, 0.2) is 28.7 Å². The van der Waals surface area contributed by atoms with Crippen molar-refractivity contribution < 1.29 is 0 Å². The van der Waals surface area contributed by atoms with Crippen molar-refractivity contribution in [2.45, 2.75) is 26.7 Å². The molecule has 2 rings (SSSR count). The minimum atomic E-state index is 0.367. The maximum absolute atomic E-state index is 5.31. The van der Waals surface area contributed by atoms with E-state index in [-0.39, 0.29) is 0 Å². The minimum absolute atomic E-state index is 0.367. The minimum Gasteiger partial charge on any atom is -0.342 e. The third kappa shape index (κ3) is 2.54. The highest BCUT2D eigenvalue weighted by molar-refractivity contribution is 9.10. The predicted molar refractivity (Wildman–Crippen MR) is 81.4 cm³/mol. The first kappa shape index (κ1) is 13.4. The van der Waals surface area contributed by atoms with E-state index in [1.54, 1.807) is 0 Å². The SMILES string of the molecule is Cc1ccccc1-c1nc(=S)c(Br)c(C(C)C)[nH]1. The molecule has 0 aliphatic rings. The number of aromatic nitrogens is 2. The molecule has 94 valence electrons. The molecule has 0 saturated carbocycles. The Morgan fingerprint density at radius 3 is 2.56 bits per heavy atom. The Kier molecular flexibility index (Phi) is 3.97. The summed E-state index contributed by atoms with van der Waals surface area (Å²) < 4.78 is 1.50. The summed E-state index contributed by atoms with van der Waals surface area (Å²) in [6.45, 7) is 6.34. The molecule has 2 aromatic rings. The van der Waals surface area contributed by atoms with Crippen LogP contribution in [0.25, 0.3) is 11.4 Å². The van der Waals surface area contributed by atoms with E-state index in [9.17, 15) is 0 Å². The van der Waals surface area contributed by atoms with Crippen LogP contribution in [0.4, 0.5) is 0 Å². The highest BCUT2D eigenvalue weighted by Crippen LogP contribution is 2.27. The Labute approximate surface area is 121 Å². The van der Waals surface area contributed by atoms with Crippen LogP contribution in [0.3, 0.4) is 0 Å². The normalized spacial score (nSPS) is 10.9. The fraction of sp³-hybridized carbons (Fsp3) is 0.286. The number of rotatable bonds is 2. The number of aromatic amines is 1. The zero-order valence-electron chi connectivity index (χ0n) is 10.6. The Morgan fingerprint density at radius 1 is 1.28 bits per heavy atom.